The third-order valence-electron chi connectivity index (χ3n) is 3.09. The first-order chi connectivity index (χ1) is 8.60. The number of rotatable bonds is 3. The summed E-state index contributed by atoms with van der Waals surface area (Å²) >= 11 is 0. The molecule has 5 nitrogen and oxygen atoms in total. The molecule has 1 aromatic carbocycles. The first kappa shape index (κ1) is 12.4. The van der Waals surface area contributed by atoms with Gasteiger partial charge in [0.1, 0.15) is 0 Å². The highest BCUT2D eigenvalue weighted by Crippen LogP contribution is 2.23. The minimum Gasteiger partial charge on any atom is -0.341 e. The fourth-order valence-corrected chi connectivity index (χ4v) is 2.03. The molecule has 96 valence electrons. The third kappa shape index (κ3) is 2.61. The Morgan fingerprint density at radius 1 is 1.50 bits per heavy atom. The molecule has 3 amide bonds. The fraction of sp³-hybridized carbons (Fsp3) is 0.385. The number of carbonyl (C=O) groups is 2. The molecule has 2 rings (SSSR count). The molecule has 2 N–H and O–H groups in total. The number of nitrogens with one attached hydrogen (secondary N) is 2. The summed E-state index contributed by atoms with van der Waals surface area (Å²) in [7, 11) is 3.38. The zero-order valence-electron chi connectivity index (χ0n) is 10.6. The molecule has 0 radical (unpaired) electrons. The van der Waals surface area contributed by atoms with Crippen LogP contribution in [0.2, 0.25) is 0 Å². The van der Waals surface area contributed by atoms with Crippen molar-refractivity contribution in [3.63, 3.8) is 0 Å². The van der Waals surface area contributed by atoms with Crippen molar-refractivity contribution in [3.8, 4) is 0 Å². The maximum atomic E-state index is 11.3. The lowest BCUT2D eigenvalue weighted by Gasteiger charge is -2.16. The third-order valence-corrected chi connectivity index (χ3v) is 3.09. The molecule has 0 saturated heterocycles. The molecule has 0 unspecified atom stereocenters. The van der Waals surface area contributed by atoms with Gasteiger partial charge in [-0.25, -0.2) is 4.79 Å². The summed E-state index contributed by atoms with van der Waals surface area (Å²) in [6.07, 6.45) is 1.24. The van der Waals surface area contributed by atoms with E-state index < -0.39 is 0 Å². The number of fused-ring (bicyclic) bond motifs is 1. The highest BCUT2D eigenvalue weighted by molar-refractivity contribution is 5.99. The van der Waals surface area contributed by atoms with E-state index in [0.717, 1.165) is 23.2 Å². The second-order valence-corrected chi connectivity index (χ2v) is 4.44. The van der Waals surface area contributed by atoms with E-state index in [9.17, 15) is 9.59 Å². The van der Waals surface area contributed by atoms with Crippen molar-refractivity contribution in [3.05, 3.63) is 29.3 Å². The van der Waals surface area contributed by atoms with E-state index in [2.05, 4.69) is 10.6 Å². The zero-order chi connectivity index (χ0) is 13.1. The molecule has 0 aliphatic carbocycles. The van der Waals surface area contributed by atoms with Gasteiger partial charge in [-0.3, -0.25) is 4.79 Å². The number of hydrogen-bond donors (Lipinski definition) is 2. The summed E-state index contributed by atoms with van der Waals surface area (Å²) < 4.78 is 0. The Morgan fingerprint density at radius 2 is 2.28 bits per heavy atom. The van der Waals surface area contributed by atoms with Gasteiger partial charge in [-0.05, 0) is 23.6 Å². The van der Waals surface area contributed by atoms with Gasteiger partial charge in [0.15, 0.2) is 0 Å². The fourth-order valence-electron chi connectivity index (χ4n) is 2.03. The lowest BCUT2D eigenvalue weighted by atomic mass is 10.1. The molecule has 0 spiro atoms. The quantitative estimate of drug-likeness (QED) is 0.837. The normalized spacial score (nSPS) is 12.9. The monoisotopic (exact) mass is 247 g/mol. The van der Waals surface area contributed by atoms with Gasteiger partial charge in [0, 0.05) is 26.3 Å². The van der Waals surface area contributed by atoms with Crippen LogP contribution in [-0.4, -0.2) is 37.5 Å². The van der Waals surface area contributed by atoms with Crippen molar-refractivity contribution in [2.24, 2.45) is 0 Å². The van der Waals surface area contributed by atoms with Gasteiger partial charge in [-0.15, -0.1) is 0 Å². The highest BCUT2D eigenvalue weighted by atomic mass is 16.2. The molecular weight excluding hydrogens is 230 g/mol. The summed E-state index contributed by atoms with van der Waals surface area (Å²) in [5, 5.41) is 5.38. The molecule has 0 aromatic heterocycles. The van der Waals surface area contributed by atoms with Gasteiger partial charge in [-0.2, -0.15) is 0 Å². The molecule has 5 heteroatoms. The molecule has 0 fully saturated rings. The van der Waals surface area contributed by atoms with E-state index in [4.69, 9.17) is 0 Å². The van der Waals surface area contributed by atoms with E-state index in [0.29, 0.717) is 13.0 Å². The van der Waals surface area contributed by atoms with Crippen LogP contribution in [0.1, 0.15) is 11.1 Å². The Bertz CT molecular complexity index is 485. The second-order valence-electron chi connectivity index (χ2n) is 4.44. The zero-order valence-corrected chi connectivity index (χ0v) is 10.6. The lowest BCUT2D eigenvalue weighted by molar-refractivity contribution is -0.115. The van der Waals surface area contributed by atoms with Crippen molar-refractivity contribution in [1.29, 1.82) is 0 Å². The number of urea groups is 1. The van der Waals surface area contributed by atoms with Gasteiger partial charge >= 0.3 is 6.03 Å². The van der Waals surface area contributed by atoms with Crippen LogP contribution in [0.5, 0.6) is 0 Å². The molecule has 1 heterocycles. The Kier molecular flexibility index (Phi) is 3.50. The van der Waals surface area contributed by atoms with Crippen LogP contribution in [0.4, 0.5) is 10.5 Å². The van der Waals surface area contributed by atoms with E-state index in [1.54, 1.807) is 19.0 Å². The number of nitrogens with zero attached hydrogens (tertiary/aromatic N) is 1. The predicted octanol–water partition coefficient (Wildman–Crippen LogP) is 0.995. The number of benzene rings is 1. The first-order valence-corrected chi connectivity index (χ1v) is 5.94. The topological polar surface area (TPSA) is 61.4 Å². The molecule has 0 saturated carbocycles. The van der Waals surface area contributed by atoms with Crippen molar-refractivity contribution >= 4 is 17.6 Å². The number of amides is 3. The Hall–Kier alpha value is -2.04. The van der Waals surface area contributed by atoms with Crippen LogP contribution in [-0.2, 0) is 17.6 Å². The van der Waals surface area contributed by atoms with Crippen LogP contribution in [0, 0.1) is 0 Å². The summed E-state index contributed by atoms with van der Waals surface area (Å²) in [6.45, 7) is 0.653. The summed E-state index contributed by atoms with van der Waals surface area (Å²) in [4.78, 5) is 24.2. The molecular formula is C13H17N3O2. The van der Waals surface area contributed by atoms with Crippen LogP contribution in [0.25, 0.3) is 0 Å². The summed E-state index contributed by atoms with van der Waals surface area (Å²) in [5.74, 6) is 0.0460. The average molecular weight is 247 g/mol. The van der Waals surface area contributed by atoms with Crippen molar-refractivity contribution in [2.45, 2.75) is 12.8 Å². The van der Waals surface area contributed by atoms with Crippen LogP contribution in [0.3, 0.4) is 0 Å². The Labute approximate surface area is 106 Å². The van der Waals surface area contributed by atoms with E-state index in [-0.39, 0.29) is 11.9 Å². The van der Waals surface area contributed by atoms with Crippen molar-refractivity contribution < 1.29 is 9.59 Å². The van der Waals surface area contributed by atoms with Gasteiger partial charge in [0.05, 0.1) is 6.42 Å². The second kappa shape index (κ2) is 5.08. The summed E-state index contributed by atoms with van der Waals surface area (Å²) in [5.41, 5.74) is 3.09. The molecule has 18 heavy (non-hydrogen) atoms. The maximum Gasteiger partial charge on any atom is 0.316 e. The van der Waals surface area contributed by atoms with Gasteiger partial charge in [0.2, 0.25) is 5.91 Å². The first-order valence-electron chi connectivity index (χ1n) is 5.94. The highest BCUT2D eigenvalue weighted by Gasteiger charge is 2.17. The molecule has 1 aromatic rings. The number of likely N-dealkylation sites (N-methyl/N-ethyl adjacent to an activating group) is 1. The van der Waals surface area contributed by atoms with E-state index in [1.165, 1.54) is 0 Å². The summed E-state index contributed by atoms with van der Waals surface area (Å²) in [6, 6.07) is 5.86. The molecule has 0 atom stereocenters. The van der Waals surface area contributed by atoms with Crippen LogP contribution >= 0.6 is 0 Å². The standard InChI is InChI=1S/C13H17N3O2/c1-14-13(18)16(2)6-5-9-3-4-11-10(7-9)8-12(17)15-11/h3-4,7H,5-6,8H2,1-2H3,(H,14,18)(H,15,17). The van der Waals surface area contributed by atoms with Gasteiger partial charge < -0.3 is 15.5 Å². The van der Waals surface area contributed by atoms with Crippen molar-refractivity contribution in [2.75, 3.05) is 26.0 Å². The SMILES string of the molecule is CNC(=O)N(C)CCc1ccc2c(c1)CC(=O)N2. The predicted molar refractivity (Wildman–Crippen MR) is 69.6 cm³/mol. The Balaban J connectivity index is 1.97. The van der Waals surface area contributed by atoms with Crippen LogP contribution in [0.15, 0.2) is 18.2 Å². The minimum absolute atomic E-state index is 0.0460. The largest absolute Gasteiger partial charge is 0.341 e. The van der Waals surface area contributed by atoms with E-state index >= 15 is 0 Å². The number of anilines is 1. The van der Waals surface area contributed by atoms with Gasteiger partial charge in [-0.1, -0.05) is 12.1 Å². The average Bonchev–Trinajstić information content (AvgIpc) is 2.74. The molecule has 1 aliphatic heterocycles. The van der Waals surface area contributed by atoms with Crippen LogP contribution < -0.4 is 10.6 Å². The number of hydrogen-bond acceptors (Lipinski definition) is 2. The molecule has 1 aliphatic rings. The molecule has 0 bridgehead atoms. The number of carbonyl (C=O) groups excluding carboxylic acids is 2. The smallest absolute Gasteiger partial charge is 0.316 e. The van der Waals surface area contributed by atoms with Crippen molar-refractivity contribution in [1.82, 2.24) is 10.2 Å². The maximum absolute atomic E-state index is 11.3. The van der Waals surface area contributed by atoms with Gasteiger partial charge in [0.25, 0.3) is 0 Å². The van der Waals surface area contributed by atoms with E-state index in [1.807, 2.05) is 18.2 Å². The Morgan fingerprint density at radius 3 is 3.00 bits per heavy atom. The lowest BCUT2D eigenvalue weighted by Crippen LogP contribution is -2.36. The minimum atomic E-state index is -0.0898.